The monoisotopic (exact) mass is 290 g/mol. The highest BCUT2D eigenvalue weighted by Gasteiger charge is 2.08. The van der Waals surface area contributed by atoms with Crippen LogP contribution in [0.2, 0.25) is 0 Å². The Morgan fingerprint density at radius 1 is 1.14 bits per heavy atom. The fourth-order valence-corrected chi connectivity index (χ4v) is 1.62. The number of methoxy groups -OCH3 is 1. The fourth-order valence-electron chi connectivity index (χ4n) is 1.62. The Kier molecular flexibility index (Phi) is 6.20. The molecule has 0 saturated heterocycles. The lowest BCUT2D eigenvalue weighted by atomic mass is 10.2. The Hall–Kier alpha value is -2.56. The van der Waals surface area contributed by atoms with E-state index in [-0.39, 0.29) is 5.69 Å². The molecule has 21 heavy (non-hydrogen) atoms. The smallest absolute Gasteiger partial charge is 0.337 e. The second-order valence-electron chi connectivity index (χ2n) is 3.90. The molecule has 0 aliphatic heterocycles. The van der Waals surface area contributed by atoms with Gasteiger partial charge in [0.25, 0.3) is 0 Å². The number of anilines is 3. The van der Waals surface area contributed by atoms with Crippen LogP contribution in [0.25, 0.3) is 0 Å². The molecule has 3 N–H and O–H groups in total. The summed E-state index contributed by atoms with van der Waals surface area (Å²) < 4.78 is 18.2. The van der Waals surface area contributed by atoms with Gasteiger partial charge in [-0.1, -0.05) is 19.9 Å². The van der Waals surface area contributed by atoms with Crippen LogP contribution in [-0.2, 0) is 4.74 Å². The first-order valence-corrected chi connectivity index (χ1v) is 6.61. The number of halogens is 1. The molecule has 0 amide bonds. The summed E-state index contributed by atoms with van der Waals surface area (Å²) in [5, 5.41) is 2.87. The van der Waals surface area contributed by atoms with Gasteiger partial charge in [0.1, 0.15) is 5.82 Å². The third kappa shape index (κ3) is 4.21. The van der Waals surface area contributed by atoms with Crippen LogP contribution in [0.4, 0.5) is 21.5 Å². The molecule has 2 aromatic carbocycles. The summed E-state index contributed by atoms with van der Waals surface area (Å²) in [5.74, 6) is -0.853. The molecule has 0 aromatic heterocycles. The number of carbonyl (C=O) groups excluding carboxylic acids is 1. The van der Waals surface area contributed by atoms with E-state index in [1.54, 1.807) is 30.3 Å². The Bertz CT molecular complexity index is 577. The van der Waals surface area contributed by atoms with Crippen molar-refractivity contribution in [2.75, 3.05) is 18.2 Å². The minimum atomic E-state index is -0.433. The van der Waals surface area contributed by atoms with Crippen LogP contribution in [0.15, 0.2) is 42.5 Å². The molecule has 0 spiro atoms. The highest BCUT2D eigenvalue weighted by atomic mass is 19.1. The molecule has 0 fully saturated rings. The number of hydrogen-bond acceptors (Lipinski definition) is 4. The average Bonchev–Trinajstić information content (AvgIpc) is 2.53. The molecular weight excluding hydrogens is 271 g/mol. The second-order valence-corrected chi connectivity index (χ2v) is 3.90. The van der Waals surface area contributed by atoms with E-state index in [4.69, 9.17) is 5.73 Å². The van der Waals surface area contributed by atoms with E-state index < -0.39 is 11.8 Å². The Morgan fingerprint density at radius 2 is 1.76 bits per heavy atom. The number of esters is 1. The molecule has 0 unspecified atom stereocenters. The number of nitrogens with one attached hydrogen (secondary N) is 1. The van der Waals surface area contributed by atoms with E-state index in [0.717, 1.165) is 0 Å². The van der Waals surface area contributed by atoms with Crippen LogP contribution >= 0.6 is 0 Å². The predicted octanol–water partition coefficient (Wildman–Crippen LogP) is 3.96. The van der Waals surface area contributed by atoms with E-state index in [1.807, 2.05) is 13.8 Å². The van der Waals surface area contributed by atoms with E-state index in [0.29, 0.717) is 16.9 Å². The van der Waals surface area contributed by atoms with Gasteiger partial charge < -0.3 is 15.8 Å². The molecule has 0 aliphatic rings. The predicted molar refractivity (Wildman–Crippen MR) is 83.2 cm³/mol. The Morgan fingerprint density at radius 3 is 2.29 bits per heavy atom. The Balaban J connectivity index is 0.00000106. The van der Waals surface area contributed by atoms with Crippen molar-refractivity contribution >= 4 is 23.0 Å². The van der Waals surface area contributed by atoms with Gasteiger partial charge in [0, 0.05) is 5.69 Å². The van der Waals surface area contributed by atoms with Crippen molar-refractivity contribution in [1.82, 2.24) is 0 Å². The molecule has 4 nitrogen and oxygen atoms in total. The van der Waals surface area contributed by atoms with E-state index >= 15 is 0 Å². The van der Waals surface area contributed by atoms with E-state index in [1.165, 1.54) is 19.2 Å². The van der Waals surface area contributed by atoms with Crippen LogP contribution in [0, 0.1) is 5.82 Å². The first-order valence-electron chi connectivity index (χ1n) is 6.61. The van der Waals surface area contributed by atoms with Gasteiger partial charge >= 0.3 is 5.97 Å². The van der Waals surface area contributed by atoms with Crippen molar-refractivity contribution in [2.24, 2.45) is 0 Å². The quantitative estimate of drug-likeness (QED) is 0.663. The molecule has 5 heteroatoms. The van der Waals surface area contributed by atoms with Gasteiger partial charge in [0.15, 0.2) is 0 Å². The maximum Gasteiger partial charge on any atom is 0.337 e. The molecule has 2 rings (SSSR count). The molecule has 0 heterocycles. The van der Waals surface area contributed by atoms with Crippen molar-refractivity contribution in [2.45, 2.75) is 13.8 Å². The number of nitrogens with two attached hydrogens (primary N) is 1. The van der Waals surface area contributed by atoms with Crippen molar-refractivity contribution in [1.29, 1.82) is 0 Å². The van der Waals surface area contributed by atoms with E-state index in [9.17, 15) is 9.18 Å². The number of benzene rings is 2. The first-order chi connectivity index (χ1) is 10.1. The van der Waals surface area contributed by atoms with Gasteiger partial charge in [0.2, 0.25) is 0 Å². The van der Waals surface area contributed by atoms with Crippen LogP contribution in [0.3, 0.4) is 0 Å². The SMILES string of the molecule is CC.COC(=O)c1ccc(Nc2c(N)cccc2F)cc1. The zero-order valence-corrected chi connectivity index (χ0v) is 12.3. The third-order valence-electron chi connectivity index (χ3n) is 2.62. The number of rotatable bonds is 3. The van der Waals surface area contributed by atoms with Gasteiger partial charge in [-0.05, 0) is 36.4 Å². The van der Waals surface area contributed by atoms with Gasteiger partial charge in [0.05, 0.1) is 24.0 Å². The van der Waals surface area contributed by atoms with Crippen LogP contribution in [-0.4, -0.2) is 13.1 Å². The standard InChI is InChI=1S/C14H13FN2O2.C2H6/c1-19-14(18)9-5-7-10(8-6-9)17-13-11(15)3-2-4-12(13)16;1-2/h2-8,17H,16H2,1H3;1-2H3. The van der Waals surface area contributed by atoms with Crippen LogP contribution in [0.1, 0.15) is 24.2 Å². The lowest BCUT2D eigenvalue weighted by Gasteiger charge is -2.10. The van der Waals surface area contributed by atoms with Crippen molar-refractivity contribution < 1.29 is 13.9 Å². The lowest BCUT2D eigenvalue weighted by molar-refractivity contribution is 0.0601. The van der Waals surface area contributed by atoms with Gasteiger partial charge in [-0.15, -0.1) is 0 Å². The molecule has 0 saturated carbocycles. The first kappa shape index (κ1) is 16.5. The van der Waals surface area contributed by atoms with Crippen LogP contribution in [0.5, 0.6) is 0 Å². The maximum absolute atomic E-state index is 13.6. The number of para-hydroxylation sites is 1. The van der Waals surface area contributed by atoms with E-state index in [2.05, 4.69) is 10.1 Å². The number of nitrogen functional groups attached to an aromatic ring is 1. The third-order valence-corrected chi connectivity index (χ3v) is 2.62. The maximum atomic E-state index is 13.6. The molecule has 0 bridgehead atoms. The minimum absolute atomic E-state index is 0.216. The summed E-state index contributed by atoms with van der Waals surface area (Å²) in [6, 6.07) is 10.9. The molecule has 0 aliphatic carbocycles. The fraction of sp³-hybridized carbons (Fsp3) is 0.188. The molecule has 2 aromatic rings. The summed E-state index contributed by atoms with van der Waals surface area (Å²) in [6.45, 7) is 4.00. The van der Waals surface area contributed by atoms with Gasteiger partial charge in [-0.25, -0.2) is 9.18 Å². The topological polar surface area (TPSA) is 64.3 Å². The normalized spacial score (nSPS) is 9.33. The van der Waals surface area contributed by atoms with Crippen molar-refractivity contribution in [3.63, 3.8) is 0 Å². The summed E-state index contributed by atoms with van der Waals surface area (Å²) in [6.07, 6.45) is 0. The molecule has 0 atom stereocenters. The highest BCUT2D eigenvalue weighted by molar-refractivity contribution is 5.89. The highest BCUT2D eigenvalue weighted by Crippen LogP contribution is 2.26. The Labute approximate surface area is 123 Å². The largest absolute Gasteiger partial charge is 0.465 e. The zero-order chi connectivity index (χ0) is 15.8. The molecular formula is C16H19FN2O2. The number of carbonyl (C=O) groups is 1. The van der Waals surface area contributed by atoms with Crippen LogP contribution < -0.4 is 11.1 Å². The second kappa shape index (κ2) is 7.89. The number of hydrogen-bond donors (Lipinski definition) is 2. The molecule has 0 radical (unpaired) electrons. The average molecular weight is 290 g/mol. The summed E-state index contributed by atoms with van der Waals surface area (Å²) in [7, 11) is 1.31. The molecule has 112 valence electrons. The summed E-state index contributed by atoms with van der Waals surface area (Å²) in [4.78, 5) is 11.3. The van der Waals surface area contributed by atoms with Crippen molar-refractivity contribution in [3.05, 3.63) is 53.8 Å². The van der Waals surface area contributed by atoms with Gasteiger partial charge in [-0.3, -0.25) is 0 Å². The van der Waals surface area contributed by atoms with Crippen molar-refractivity contribution in [3.8, 4) is 0 Å². The summed E-state index contributed by atoms with van der Waals surface area (Å²) >= 11 is 0. The minimum Gasteiger partial charge on any atom is -0.465 e. The van der Waals surface area contributed by atoms with Gasteiger partial charge in [-0.2, -0.15) is 0 Å². The lowest BCUT2D eigenvalue weighted by Crippen LogP contribution is -2.02. The number of ether oxygens (including phenoxy) is 1. The summed E-state index contributed by atoms with van der Waals surface area (Å²) in [5.41, 5.74) is 7.28. The zero-order valence-electron chi connectivity index (χ0n) is 12.3.